The molecule has 0 aliphatic carbocycles. The molecule has 0 bridgehead atoms. The van der Waals surface area contributed by atoms with Gasteiger partial charge in [-0.25, -0.2) is 13.1 Å². The lowest BCUT2D eigenvalue weighted by molar-refractivity contribution is 0.349. The van der Waals surface area contributed by atoms with Crippen molar-refractivity contribution in [2.24, 2.45) is 0 Å². The van der Waals surface area contributed by atoms with Crippen molar-refractivity contribution >= 4 is 10.0 Å². The summed E-state index contributed by atoms with van der Waals surface area (Å²) in [7, 11) is -3.00. The van der Waals surface area contributed by atoms with E-state index in [0.717, 1.165) is 26.1 Å². The Balaban J connectivity index is 2.09. The van der Waals surface area contributed by atoms with Crippen molar-refractivity contribution in [2.45, 2.75) is 6.42 Å². The van der Waals surface area contributed by atoms with Gasteiger partial charge in [0.25, 0.3) is 0 Å². The minimum atomic E-state index is -3.00. The van der Waals surface area contributed by atoms with Gasteiger partial charge in [0.1, 0.15) is 0 Å². The molecule has 0 saturated carbocycles. The fourth-order valence-electron chi connectivity index (χ4n) is 1.23. The largest absolute Gasteiger partial charge is 0.302 e. The van der Waals surface area contributed by atoms with Crippen molar-refractivity contribution in [3.8, 4) is 0 Å². The highest BCUT2D eigenvalue weighted by Crippen LogP contribution is 2.04. The molecule has 1 aliphatic rings. The summed E-state index contributed by atoms with van der Waals surface area (Å²) in [5, 5.41) is 0. The monoisotopic (exact) mass is 191 g/mol. The molecule has 1 heterocycles. The first kappa shape index (κ1) is 9.95. The number of hydrogen-bond acceptors (Lipinski definition) is 3. The van der Waals surface area contributed by atoms with E-state index >= 15 is 0 Å². The van der Waals surface area contributed by atoms with Gasteiger partial charge < -0.3 is 4.90 Å². The standard InChI is InChI=1S/C7H15N2O2S/c1-12(10,11)8-4-7-9-5-2-3-6-9/h2,8H,3-7H2,1H3. The molecule has 0 spiro atoms. The van der Waals surface area contributed by atoms with Gasteiger partial charge >= 0.3 is 0 Å². The van der Waals surface area contributed by atoms with E-state index < -0.39 is 10.0 Å². The van der Waals surface area contributed by atoms with E-state index in [1.54, 1.807) is 0 Å². The van der Waals surface area contributed by atoms with Crippen molar-refractivity contribution in [1.29, 1.82) is 0 Å². The van der Waals surface area contributed by atoms with Crippen LogP contribution in [0.1, 0.15) is 6.42 Å². The van der Waals surface area contributed by atoms with Crippen molar-refractivity contribution in [2.75, 3.05) is 32.4 Å². The molecule has 1 N–H and O–H groups in total. The van der Waals surface area contributed by atoms with Crippen molar-refractivity contribution in [3.05, 3.63) is 6.42 Å². The van der Waals surface area contributed by atoms with Gasteiger partial charge in [-0.05, 0) is 19.4 Å². The highest BCUT2D eigenvalue weighted by atomic mass is 32.2. The third-order valence-electron chi connectivity index (χ3n) is 1.83. The first-order chi connectivity index (χ1) is 5.58. The molecule has 0 aromatic carbocycles. The number of rotatable bonds is 4. The Morgan fingerprint density at radius 2 is 2.33 bits per heavy atom. The van der Waals surface area contributed by atoms with Gasteiger partial charge in [0.05, 0.1) is 6.26 Å². The molecular weight excluding hydrogens is 176 g/mol. The van der Waals surface area contributed by atoms with E-state index in [9.17, 15) is 8.42 Å². The van der Waals surface area contributed by atoms with Gasteiger partial charge in [-0.3, -0.25) is 0 Å². The second-order valence-corrected chi connectivity index (χ2v) is 4.88. The van der Waals surface area contributed by atoms with E-state index in [4.69, 9.17) is 0 Å². The zero-order chi connectivity index (χ0) is 9.03. The summed E-state index contributed by atoms with van der Waals surface area (Å²) in [4.78, 5) is 2.22. The molecule has 5 heteroatoms. The molecule has 1 aliphatic heterocycles. The fourth-order valence-corrected chi connectivity index (χ4v) is 1.69. The Kier molecular flexibility index (Phi) is 3.49. The van der Waals surface area contributed by atoms with Crippen LogP contribution in [-0.2, 0) is 10.0 Å². The predicted molar refractivity (Wildman–Crippen MR) is 48.2 cm³/mol. The van der Waals surface area contributed by atoms with Crippen molar-refractivity contribution in [3.63, 3.8) is 0 Å². The highest BCUT2D eigenvalue weighted by Gasteiger charge is 2.11. The van der Waals surface area contributed by atoms with E-state index in [2.05, 4.69) is 16.0 Å². The highest BCUT2D eigenvalue weighted by molar-refractivity contribution is 7.88. The van der Waals surface area contributed by atoms with Gasteiger partial charge in [0.15, 0.2) is 0 Å². The van der Waals surface area contributed by atoms with Gasteiger partial charge in [0.2, 0.25) is 10.0 Å². The molecule has 0 unspecified atom stereocenters. The number of hydrogen-bond donors (Lipinski definition) is 1. The molecule has 12 heavy (non-hydrogen) atoms. The second-order valence-electron chi connectivity index (χ2n) is 3.04. The van der Waals surface area contributed by atoms with Crippen LogP contribution in [0.15, 0.2) is 0 Å². The lowest BCUT2D eigenvalue weighted by Crippen LogP contribution is -2.32. The Morgan fingerprint density at radius 1 is 1.58 bits per heavy atom. The Morgan fingerprint density at radius 3 is 2.83 bits per heavy atom. The van der Waals surface area contributed by atoms with Crippen LogP contribution in [0, 0.1) is 6.42 Å². The summed E-state index contributed by atoms with van der Waals surface area (Å²) in [5.74, 6) is 0. The summed E-state index contributed by atoms with van der Waals surface area (Å²) in [6.45, 7) is 3.38. The number of nitrogens with one attached hydrogen (secondary N) is 1. The Labute approximate surface area is 74.0 Å². The average molecular weight is 191 g/mol. The Bertz CT molecular complexity index is 220. The van der Waals surface area contributed by atoms with E-state index in [0.29, 0.717) is 6.54 Å². The first-order valence-electron chi connectivity index (χ1n) is 4.06. The quantitative estimate of drug-likeness (QED) is 0.648. The van der Waals surface area contributed by atoms with Crippen LogP contribution < -0.4 is 4.72 Å². The van der Waals surface area contributed by atoms with Crippen LogP contribution in [0.4, 0.5) is 0 Å². The van der Waals surface area contributed by atoms with Gasteiger partial charge in [-0.2, -0.15) is 0 Å². The molecule has 0 atom stereocenters. The summed E-state index contributed by atoms with van der Waals surface area (Å²) in [5.41, 5.74) is 0. The third-order valence-corrected chi connectivity index (χ3v) is 2.56. The van der Waals surface area contributed by atoms with E-state index in [1.807, 2.05) is 0 Å². The minimum Gasteiger partial charge on any atom is -0.302 e. The van der Waals surface area contributed by atoms with Crippen molar-refractivity contribution in [1.82, 2.24) is 9.62 Å². The van der Waals surface area contributed by atoms with Gasteiger partial charge in [-0.1, -0.05) is 0 Å². The molecule has 1 rings (SSSR count). The zero-order valence-corrected chi connectivity index (χ0v) is 8.10. The molecule has 1 fully saturated rings. The van der Waals surface area contributed by atoms with Crippen LogP contribution >= 0.6 is 0 Å². The summed E-state index contributed by atoms with van der Waals surface area (Å²) < 4.78 is 23.8. The van der Waals surface area contributed by atoms with Crippen LogP contribution in [0.2, 0.25) is 0 Å². The fraction of sp³-hybridized carbons (Fsp3) is 0.857. The summed E-state index contributed by atoms with van der Waals surface area (Å²) in [6, 6.07) is 0. The Hall–Kier alpha value is -0.130. The molecular formula is C7H15N2O2S. The summed E-state index contributed by atoms with van der Waals surface area (Å²) in [6.07, 6.45) is 4.52. The minimum absolute atomic E-state index is 0.521. The maximum Gasteiger partial charge on any atom is 0.208 e. The van der Waals surface area contributed by atoms with E-state index in [-0.39, 0.29) is 0 Å². The normalized spacial score (nSPS) is 20.1. The molecule has 0 amide bonds. The zero-order valence-electron chi connectivity index (χ0n) is 7.28. The lowest BCUT2D eigenvalue weighted by atomic mass is 10.4. The second kappa shape index (κ2) is 4.20. The lowest BCUT2D eigenvalue weighted by Gasteiger charge is -2.13. The van der Waals surface area contributed by atoms with E-state index in [1.165, 1.54) is 6.26 Å². The molecule has 0 aromatic heterocycles. The first-order valence-corrected chi connectivity index (χ1v) is 5.96. The van der Waals surface area contributed by atoms with Crippen LogP contribution in [0.5, 0.6) is 0 Å². The maximum absolute atomic E-state index is 10.7. The van der Waals surface area contributed by atoms with Crippen LogP contribution in [-0.4, -0.2) is 45.8 Å². The van der Waals surface area contributed by atoms with Gasteiger partial charge in [0, 0.05) is 19.6 Å². The third kappa shape index (κ3) is 4.04. The molecule has 1 radical (unpaired) electrons. The van der Waals surface area contributed by atoms with Crippen LogP contribution in [0.25, 0.3) is 0 Å². The smallest absolute Gasteiger partial charge is 0.208 e. The molecule has 71 valence electrons. The van der Waals surface area contributed by atoms with Crippen LogP contribution in [0.3, 0.4) is 0 Å². The number of sulfonamides is 1. The number of nitrogens with zero attached hydrogens (tertiary/aromatic N) is 1. The predicted octanol–water partition coefficient (Wildman–Crippen LogP) is -0.554. The number of likely N-dealkylation sites (tertiary alicyclic amines) is 1. The molecule has 0 aromatic rings. The average Bonchev–Trinajstić information content (AvgIpc) is 2.36. The SMILES string of the molecule is CS(=O)(=O)NCCN1C[CH]CC1. The molecule has 1 saturated heterocycles. The summed E-state index contributed by atoms with van der Waals surface area (Å²) >= 11 is 0. The van der Waals surface area contributed by atoms with Crippen molar-refractivity contribution < 1.29 is 8.42 Å². The van der Waals surface area contributed by atoms with Gasteiger partial charge in [-0.15, -0.1) is 0 Å². The molecule has 4 nitrogen and oxygen atoms in total. The maximum atomic E-state index is 10.7. The topological polar surface area (TPSA) is 49.4 Å².